The summed E-state index contributed by atoms with van der Waals surface area (Å²) in [5.41, 5.74) is 0.994. The second-order valence-electron chi connectivity index (χ2n) is 8.34. The van der Waals surface area contributed by atoms with Crippen LogP contribution in [0.5, 0.6) is 0 Å². The normalized spacial score (nSPS) is 35.3. The summed E-state index contributed by atoms with van der Waals surface area (Å²) in [5, 5.41) is 12.3. The standard InChI is InChI=1S/C20H25NO4/c1-12(2)16-7-13(14-5-3-4-6-15(14)16)8-21-17(22)20-9-19(10-20,11-25-20)18(23)24/h3-6,12-13,16H,7-11H2,1-2H3,(H,21,22)(H,23,24)/t13-,16+,19?,20?/m1/s1. The fraction of sp³-hybridized carbons (Fsp3) is 0.600. The Labute approximate surface area is 147 Å². The van der Waals surface area contributed by atoms with Gasteiger partial charge in [0.05, 0.1) is 12.0 Å². The maximum atomic E-state index is 12.6. The zero-order valence-corrected chi connectivity index (χ0v) is 14.7. The quantitative estimate of drug-likeness (QED) is 0.862. The smallest absolute Gasteiger partial charge is 0.312 e. The molecular weight excluding hydrogens is 318 g/mol. The van der Waals surface area contributed by atoms with Crippen LogP contribution in [-0.4, -0.2) is 35.7 Å². The van der Waals surface area contributed by atoms with E-state index in [0.717, 1.165) is 6.42 Å². The van der Waals surface area contributed by atoms with Crippen molar-refractivity contribution < 1.29 is 19.4 Å². The van der Waals surface area contributed by atoms with Crippen LogP contribution in [0.1, 0.15) is 56.1 Å². The predicted octanol–water partition coefficient (Wildman–Crippen LogP) is 2.66. The zero-order valence-electron chi connectivity index (χ0n) is 14.7. The van der Waals surface area contributed by atoms with Gasteiger partial charge in [0.1, 0.15) is 5.60 Å². The number of hydrogen-bond donors (Lipinski definition) is 2. The van der Waals surface area contributed by atoms with E-state index in [1.165, 1.54) is 11.1 Å². The van der Waals surface area contributed by atoms with Crippen LogP contribution < -0.4 is 5.32 Å². The Bertz CT molecular complexity index is 720. The van der Waals surface area contributed by atoms with Crippen molar-refractivity contribution in [2.45, 2.75) is 50.5 Å². The first kappa shape index (κ1) is 16.6. The lowest BCUT2D eigenvalue weighted by atomic mass is 9.62. The van der Waals surface area contributed by atoms with Crippen LogP contribution >= 0.6 is 0 Å². The lowest BCUT2D eigenvalue weighted by Gasteiger charge is -2.40. The summed E-state index contributed by atoms with van der Waals surface area (Å²) in [7, 11) is 0. The molecule has 5 heteroatoms. The van der Waals surface area contributed by atoms with Gasteiger partial charge in [0.15, 0.2) is 0 Å². The number of nitrogens with one attached hydrogen (secondary N) is 1. The third kappa shape index (κ3) is 2.40. The minimum absolute atomic E-state index is 0.146. The Balaban J connectivity index is 1.42. The number of carboxylic acid groups (broad SMARTS) is 1. The summed E-state index contributed by atoms with van der Waals surface area (Å²) in [6.45, 7) is 5.23. The summed E-state index contributed by atoms with van der Waals surface area (Å²) >= 11 is 0. The van der Waals surface area contributed by atoms with Crippen LogP contribution in [0.25, 0.3) is 0 Å². The van der Waals surface area contributed by atoms with E-state index in [4.69, 9.17) is 4.74 Å². The third-order valence-electron chi connectivity index (χ3n) is 6.43. The molecule has 2 saturated heterocycles. The van der Waals surface area contributed by atoms with Crippen molar-refractivity contribution in [1.29, 1.82) is 0 Å². The van der Waals surface area contributed by atoms with Gasteiger partial charge in [-0.3, -0.25) is 9.59 Å². The van der Waals surface area contributed by atoms with Gasteiger partial charge in [-0.25, -0.2) is 0 Å². The molecule has 134 valence electrons. The highest BCUT2D eigenvalue weighted by Crippen LogP contribution is 2.58. The molecule has 3 fully saturated rings. The van der Waals surface area contributed by atoms with Crippen LogP contribution in [0, 0.1) is 11.3 Å². The van der Waals surface area contributed by atoms with E-state index >= 15 is 0 Å². The topological polar surface area (TPSA) is 75.6 Å². The number of fused-ring (bicyclic) bond motifs is 2. The molecule has 2 atom stereocenters. The van der Waals surface area contributed by atoms with Crippen LogP contribution in [0.3, 0.4) is 0 Å². The van der Waals surface area contributed by atoms with Gasteiger partial charge in [-0.1, -0.05) is 38.1 Å². The lowest BCUT2D eigenvalue weighted by Crippen LogP contribution is -2.57. The van der Waals surface area contributed by atoms with E-state index in [0.29, 0.717) is 37.1 Å². The van der Waals surface area contributed by atoms with Gasteiger partial charge in [0.25, 0.3) is 5.91 Å². The maximum Gasteiger partial charge on any atom is 0.312 e. The first-order valence-corrected chi connectivity index (χ1v) is 9.11. The number of aliphatic carboxylic acids is 1. The van der Waals surface area contributed by atoms with Crippen molar-refractivity contribution in [2.24, 2.45) is 11.3 Å². The summed E-state index contributed by atoms with van der Waals surface area (Å²) in [6, 6.07) is 8.51. The number of benzene rings is 1. The van der Waals surface area contributed by atoms with Crippen LogP contribution in [0.15, 0.2) is 24.3 Å². The van der Waals surface area contributed by atoms with E-state index in [2.05, 4.69) is 43.4 Å². The minimum atomic E-state index is -0.909. The number of carbonyl (C=O) groups is 2. The molecule has 4 aliphatic rings. The van der Waals surface area contributed by atoms with E-state index < -0.39 is 17.0 Å². The monoisotopic (exact) mass is 343 g/mol. The van der Waals surface area contributed by atoms with Crippen molar-refractivity contribution >= 4 is 11.9 Å². The minimum Gasteiger partial charge on any atom is -0.481 e. The van der Waals surface area contributed by atoms with Crippen LogP contribution in [0.4, 0.5) is 0 Å². The average Bonchev–Trinajstić information content (AvgIpc) is 3.22. The lowest BCUT2D eigenvalue weighted by molar-refractivity contribution is -0.158. The maximum absolute atomic E-state index is 12.6. The Kier molecular flexibility index (Phi) is 3.69. The largest absolute Gasteiger partial charge is 0.481 e. The highest BCUT2D eigenvalue weighted by atomic mass is 16.5. The van der Waals surface area contributed by atoms with Crippen molar-refractivity contribution in [3.63, 3.8) is 0 Å². The molecule has 2 aliphatic heterocycles. The molecule has 0 spiro atoms. The Hall–Kier alpha value is -1.88. The molecule has 2 aliphatic carbocycles. The second kappa shape index (κ2) is 5.56. The van der Waals surface area contributed by atoms with Crippen molar-refractivity contribution in [1.82, 2.24) is 5.32 Å². The van der Waals surface area contributed by atoms with Gasteiger partial charge in [-0.05, 0) is 29.4 Å². The molecule has 1 amide bonds. The predicted molar refractivity (Wildman–Crippen MR) is 92.4 cm³/mol. The SMILES string of the molecule is CC(C)[C@@H]1C[C@H](CNC(=O)C23CC(C(=O)O)(CO2)C3)c2ccccc21. The van der Waals surface area contributed by atoms with E-state index in [9.17, 15) is 14.7 Å². The number of ether oxygens (including phenoxy) is 1. The Morgan fingerprint density at radius 1 is 1.28 bits per heavy atom. The molecule has 2 bridgehead atoms. The number of rotatable bonds is 5. The molecule has 2 N–H and O–H groups in total. The summed E-state index contributed by atoms with van der Waals surface area (Å²) in [6.07, 6.45) is 1.65. The average molecular weight is 343 g/mol. The van der Waals surface area contributed by atoms with Crippen LogP contribution in [0.2, 0.25) is 0 Å². The molecule has 0 unspecified atom stereocenters. The van der Waals surface area contributed by atoms with Gasteiger partial charge >= 0.3 is 5.97 Å². The molecule has 5 rings (SSSR count). The van der Waals surface area contributed by atoms with Gasteiger partial charge < -0.3 is 15.2 Å². The van der Waals surface area contributed by atoms with Crippen molar-refractivity contribution in [3.8, 4) is 0 Å². The summed E-state index contributed by atoms with van der Waals surface area (Å²) in [5.74, 6) is 0.420. The molecule has 5 nitrogen and oxygen atoms in total. The number of carbonyl (C=O) groups excluding carboxylic acids is 1. The molecule has 0 aromatic heterocycles. The Morgan fingerprint density at radius 2 is 1.96 bits per heavy atom. The highest BCUT2D eigenvalue weighted by Gasteiger charge is 2.70. The van der Waals surface area contributed by atoms with Gasteiger partial charge in [-0.15, -0.1) is 0 Å². The summed E-state index contributed by atoms with van der Waals surface area (Å²) < 4.78 is 5.59. The zero-order chi connectivity index (χ0) is 17.8. The van der Waals surface area contributed by atoms with Gasteiger partial charge in [-0.2, -0.15) is 0 Å². The molecule has 25 heavy (non-hydrogen) atoms. The molecule has 0 radical (unpaired) electrons. The molecule has 1 saturated carbocycles. The van der Waals surface area contributed by atoms with Crippen LogP contribution in [-0.2, 0) is 14.3 Å². The second-order valence-corrected chi connectivity index (χ2v) is 8.34. The number of carboxylic acids is 1. The van der Waals surface area contributed by atoms with E-state index in [-0.39, 0.29) is 12.5 Å². The third-order valence-corrected chi connectivity index (χ3v) is 6.43. The van der Waals surface area contributed by atoms with Gasteiger partial charge in [0, 0.05) is 25.3 Å². The highest BCUT2D eigenvalue weighted by molar-refractivity contribution is 5.92. The first-order valence-electron chi connectivity index (χ1n) is 9.11. The van der Waals surface area contributed by atoms with Gasteiger partial charge in [0.2, 0.25) is 0 Å². The van der Waals surface area contributed by atoms with E-state index in [1.54, 1.807) is 0 Å². The fourth-order valence-corrected chi connectivity index (χ4v) is 4.94. The molecular formula is C20H25NO4. The fourth-order valence-electron chi connectivity index (χ4n) is 4.94. The Morgan fingerprint density at radius 3 is 2.56 bits per heavy atom. The summed E-state index contributed by atoms with van der Waals surface area (Å²) in [4.78, 5) is 23.9. The molecule has 1 aromatic carbocycles. The van der Waals surface area contributed by atoms with Crippen molar-refractivity contribution in [2.75, 3.05) is 13.2 Å². The number of amides is 1. The van der Waals surface area contributed by atoms with E-state index in [1.807, 2.05) is 0 Å². The van der Waals surface area contributed by atoms with Crippen molar-refractivity contribution in [3.05, 3.63) is 35.4 Å². The molecule has 2 heterocycles. The first-order chi connectivity index (χ1) is 11.9. The number of hydrogen-bond acceptors (Lipinski definition) is 3. The molecule has 1 aromatic rings.